The van der Waals surface area contributed by atoms with Crippen LogP contribution in [0.2, 0.25) is 5.28 Å². The maximum Gasteiger partial charge on any atom is 0.416 e. The van der Waals surface area contributed by atoms with Crippen molar-refractivity contribution < 1.29 is 18.0 Å². The third-order valence-electron chi connectivity index (χ3n) is 7.27. The SMILES string of the molecule is C[C@@H](Nc1nc(Cl)nc2c1CC(CCC(=O)C1(C)CCNCC1)C2)c1cccc(C(F)(F)F)c1. The largest absolute Gasteiger partial charge is 0.416 e. The molecule has 0 bridgehead atoms. The number of hydrogen-bond donors (Lipinski definition) is 2. The molecule has 9 heteroatoms. The highest BCUT2D eigenvalue weighted by atomic mass is 35.5. The lowest BCUT2D eigenvalue weighted by Crippen LogP contribution is -2.40. The van der Waals surface area contributed by atoms with Gasteiger partial charge < -0.3 is 10.6 Å². The monoisotopic (exact) mass is 494 g/mol. The summed E-state index contributed by atoms with van der Waals surface area (Å²) in [7, 11) is 0. The molecule has 0 spiro atoms. The van der Waals surface area contributed by atoms with Crippen molar-refractivity contribution in [3.8, 4) is 0 Å². The molecule has 2 heterocycles. The van der Waals surface area contributed by atoms with Crippen LogP contribution >= 0.6 is 11.6 Å². The maximum atomic E-state index is 13.1. The Bertz CT molecular complexity index is 1050. The van der Waals surface area contributed by atoms with E-state index in [2.05, 4.69) is 27.5 Å². The molecule has 0 saturated carbocycles. The fourth-order valence-corrected chi connectivity index (χ4v) is 5.20. The van der Waals surface area contributed by atoms with Crippen LogP contribution in [0, 0.1) is 11.3 Å². The molecule has 1 unspecified atom stereocenters. The number of Topliss-reactive ketones (excluding diaryl/α,β-unsaturated/α-hetero) is 1. The lowest BCUT2D eigenvalue weighted by Gasteiger charge is -2.32. The maximum absolute atomic E-state index is 13.1. The number of alkyl halides is 3. The lowest BCUT2D eigenvalue weighted by molar-refractivity contribution is -0.137. The van der Waals surface area contributed by atoms with Crippen molar-refractivity contribution in [1.29, 1.82) is 0 Å². The first kappa shape index (κ1) is 24.9. The Labute approximate surface area is 202 Å². The van der Waals surface area contributed by atoms with E-state index in [0.29, 0.717) is 23.6 Å². The summed E-state index contributed by atoms with van der Waals surface area (Å²) in [5.74, 6) is 1.14. The van der Waals surface area contributed by atoms with Gasteiger partial charge in [-0.25, -0.2) is 9.97 Å². The number of carbonyl (C=O) groups excluding carboxylic acids is 1. The number of aromatic nitrogens is 2. The topological polar surface area (TPSA) is 66.9 Å². The zero-order chi connectivity index (χ0) is 24.5. The van der Waals surface area contributed by atoms with Crippen molar-refractivity contribution >= 4 is 23.2 Å². The fraction of sp³-hybridized carbons (Fsp3) is 0.560. The van der Waals surface area contributed by atoms with Gasteiger partial charge in [0.05, 0.1) is 11.3 Å². The van der Waals surface area contributed by atoms with E-state index in [1.807, 2.05) is 0 Å². The minimum Gasteiger partial charge on any atom is -0.363 e. The number of rotatable bonds is 7. The number of nitrogens with one attached hydrogen (secondary N) is 2. The molecule has 1 aromatic heterocycles. The number of ketones is 1. The number of hydrogen-bond acceptors (Lipinski definition) is 5. The van der Waals surface area contributed by atoms with Crippen LogP contribution in [0.1, 0.15) is 68.0 Å². The van der Waals surface area contributed by atoms with Gasteiger partial charge in [-0.15, -0.1) is 0 Å². The van der Waals surface area contributed by atoms with E-state index < -0.39 is 17.8 Å². The molecule has 0 radical (unpaired) electrons. The third kappa shape index (κ3) is 5.54. The van der Waals surface area contributed by atoms with E-state index in [1.54, 1.807) is 13.0 Å². The van der Waals surface area contributed by atoms with Gasteiger partial charge >= 0.3 is 6.18 Å². The number of nitrogens with zero attached hydrogens (tertiary/aromatic N) is 2. The molecule has 1 aliphatic heterocycles. The van der Waals surface area contributed by atoms with Crippen molar-refractivity contribution in [2.75, 3.05) is 18.4 Å². The summed E-state index contributed by atoms with van der Waals surface area (Å²) in [6, 6.07) is 4.87. The Morgan fingerprint density at radius 2 is 2.00 bits per heavy atom. The van der Waals surface area contributed by atoms with E-state index >= 15 is 0 Å². The van der Waals surface area contributed by atoms with Gasteiger partial charge in [-0.2, -0.15) is 13.2 Å². The Hall–Kier alpha value is -2.19. The Morgan fingerprint density at radius 1 is 1.26 bits per heavy atom. The molecule has 0 amide bonds. The molecule has 2 N–H and O–H groups in total. The normalized spacial score (nSPS) is 20.6. The first-order valence-corrected chi connectivity index (χ1v) is 12.2. The van der Waals surface area contributed by atoms with Crippen molar-refractivity contribution in [3.05, 3.63) is 51.9 Å². The number of carbonyl (C=O) groups is 1. The number of benzene rings is 1. The molecule has 2 atom stereocenters. The predicted octanol–water partition coefficient (Wildman–Crippen LogP) is 5.78. The molecule has 34 heavy (non-hydrogen) atoms. The Kier molecular flexibility index (Phi) is 7.20. The molecular formula is C25H30ClF3N4O. The molecular weight excluding hydrogens is 465 g/mol. The fourth-order valence-electron chi connectivity index (χ4n) is 5.01. The Morgan fingerprint density at radius 3 is 2.71 bits per heavy atom. The second-order valence-electron chi connectivity index (χ2n) is 9.80. The highest BCUT2D eigenvalue weighted by molar-refractivity contribution is 6.28. The molecule has 1 fully saturated rings. The molecule has 2 aromatic rings. The minimum atomic E-state index is -4.40. The van der Waals surface area contributed by atoms with Crippen LogP contribution in [-0.2, 0) is 23.8 Å². The average Bonchev–Trinajstić information content (AvgIpc) is 3.20. The standard InChI is InChI=1S/C25H30ClF3N4O/c1-15(17-4-3-5-18(14-17)25(27,28)29)31-22-19-12-16(13-20(19)32-23(26)33-22)6-7-21(34)24(2)8-10-30-11-9-24/h3-5,14-16,30H,6-13H2,1-2H3,(H,31,32,33)/t15-,16?/m1/s1. The highest BCUT2D eigenvalue weighted by Crippen LogP contribution is 2.37. The van der Waals surface area contributed by atoms with E-state index in [1.165, 1.54) is 6.07 Å². The minimum absolute atomic E-state index is 0.108. The van der Waals surface area contributed by atoms with Crippen molar-refractivity contribution in [3.63, 3.8) is 0 Å². The molecule has 2 aliphatic rings. The molecule has 1 saturated heterocycles. The molecule has 4 rings (SSSR count). The van der Waals surface area contributed by atoms with E-state index in [9.17, 15) is 18.0 Å². The van der Waals surface area contributed by atoms with Crippen LogP contribution in [-0.4, -0.2) is 28.8 Å². The summed E-state index contributed by atoms with van der Waals surface area (Å²) in [4.78, 5) is 21.6. The van der Waals surface area contributed by atoms with Crippen LogP contribution in [0.5, 0.6) is 0 Å². The summed E-state index contributed by atoms with van der Waals surface area (Å²) in [5.41, 5.74) is 1.37. The lowest BCUT2D eigenvalue weighted by atomic mass is 9.75. The van der Waals surface area contributed by atoms with Gasteiger partial charge in [-0.1, -0.05) is 19.1 Å². The van der Waals surface area contributed by atoms with Gasteiger partial charge in [0.1, 0.15) is 11.6 Å². The van der Waals surface area contributed by atoms with Gasteiger partial charge in [-0.05, 0) is 87.3 Å². The number of fused-ring (bicyclic) bond motifs is 1. The first-order chi connectivity index (χ1) is 16.0. The summed E-state index contributed by atoms with van der Waals surface area (Å²) in [5, 5.41) is 6.66. The van der Waals surface area contributed by atoms with Gasteiger partial charge in [0.15, 0.2) is 0 Å². The number of piperidine rings is 1. The number of halogens is 4. The van der Waals surface area contributed by atoms with Gasteiger partial charge in [0.2, 0.25) is 5.28 Å². The second kappa shape index (κ2) is 9.82. The smallest absolute Gasteiger partial charge is 0.363 e. The van der Waals surface area contributed by atoms with Crippen molar-refractivity contribution in [1.82, 2.24) is 15.3 Å². The van der Waals surface area contributed by atoms with Crippen LogP contribution in [0.25, 0.3) is 0 Å². The quantitative estimate of drug-likeness (QED) is 0.478. The molecule has 1 aliphatic carbocycles. The van der Waals surface area contributed by atoms with Gasteiger partial charge in [0.25, 0.3) is 0 Å². The van der Waals surface area contributed by atoms with E-state index in [4.69, 9.17) is 11.6 Å². The molecule has 5 nitrogen and oxygen atoms in total. The molecule has 184 valence electrons. The zero-order valence-electron chi connectivity index (χ0n) is 19.4. The zero-order valence-corrected chi connectivity index (χ0v) is 20.2. The van der Waals surface area contributed by atoms with Gasteiger partial charge in [-0.3, -0.25) is 4.79 Å². The third-order valence-corrected chi connectivity index (χ3v) is 7.44. The van der Waals surface area contributed by atoms with Crippen LogP contribution in [0.4, 0.5) is 19.0 Å². The number of anilines is 1. The van der Waals surface area contributed by atoms with Crippen molar-refractivity contribution in [2.45, 2.75) is 64.6 Å². The predicted molar refractivity (Wildman–Crippen MR) is 126 cm³/mol. The second-order valence-corrected chi connectivity index (χ2v) is 10.1. The van der Waals surface area contributed by atoms with Crippen molar-refractivity contribution in [2.24, 2.45) is 11.3 Å². The first-order valence-electron chi connectivity index (χ1n) is 11.8. The van der Waals surface area contributed by atoms with Crippen LogP contribution in [0.3, 0.4) is 0 Å². The molecule has 1 aromatic carbocycles. The van der Waals surface area contributed by atoms with Crippen LogP contribution in [0.15, 0.2) is 24.3 Å². The summed E-state index contributed by atoms with van der Waals surface area (Å²) < 4.78 is 39.4. The van der Waals surface area contributed by atoms with E-state index in [0.717, 1.165) is 68.6 Å². The summed E-state index contributed by atoms with van der Waals surface area (Å²) in [6.07, 6.45) is 0.104. The van der Waals surface area contributed by atoms with E-state index in [-0.39, 0.29) is 16.6 Å². The van der Waals surface area contributed by atoms with Gasteiger partial charge in [0, 0.05) is 23.4 Å². The highest BCUT2D eigenvalue weighted by Gasteiger charge is 2.35. The average molecular weight is 495 g/mol. The Balaban J connectivity index is 1.43. The van der Waals surface area contributed by atoms with Crippen LogP contribution < -0.4 is 10.6 Å². The summed E-state index contributed by atoms with van der Waals surface area (Å²) in [6.45, 7) is 5.62. The summed E-state index contributed by atoms with van der Waals surface area (Å²) >= 11 is 6.17.